The highest BCUT2D eigenvalue weighted by Crippen LogP contribution is 2.31. The van der Waals surface area contributed by atoms with Gasteiger partial charge in [0.1, 0.15) is 23.6 Å². The van der Waals surface area contributed by atoms with Gasteiger partial charge in [0.15, 0.2) is 0 Å². The van der Waals surface area contributed by atoms with E-state index in [1.807, 2.05) is 6.07 Å². The van der Waals surface area contributed by atoms with E-state index in [0.29, 0.717) is 30.0 Å². The van der Waals surface area contributed by atoms with Gasteiger partial charge in [-0.05, 0) is 43.9 Å². The lowest BCUT2D eigenvalue weighted by molar-refractivity contribution is -0.131. The fourth-order valence-electron chi connectivity index (χ4n) is 3.24. The Hall–Kier alpha value is -2.50. The summed E-state index contributed by atoms with van der Waals surface area (Å²) in [6, 6.07) is 4.95. The Bertz CT molecular complexity index is 686. The Morgan fingerprint density at radius 3 is 2.80 bits per heavy atom. The van der Waals surface area contributed by atoms with Crippen molar-refractivity contribution in [1.29, 1.82) is 0 Å². The molecule has 2 aliphatic rings. The summed E-state index contributed by atoms with van der Waals surface area (Å²) in [5.74, 6) is 1.03. The van der Waals surface area contributed by atoms with Crippen LogP contribution in [-0.2, 0) is 9.59 Å². The molecule has 6 nitrogen and oxygen atoms in total. The molecular weight excluding hydrogens is 320 g/mol. The first kappa shape index (κ1) is 17.3. The number of likely N-dealkylation sites (N-methyl/N-ethyl adjacent to an activating group) is 1. The van der Waals surface area contributed by atoms with E-state index in [-0.39, 0.29) is 17.9 Å². The predicted octanol–water partition coefficient (Wildman–Crippen LogP) is 2.74. The van der Waals surface area contributed by atoms with Gasteiger partial charge in [0.25, 0.3) is 0 Å². The van der Waals surface area contributed by atoms with Crippen molar-refractivity contribution in [3.63, 3.8) is 0 Å². The molecule has 1 aromatic carbocycles. The van der Waals surface area contributed by atoms with E-state index >= 15 is 0 Å². The summed E-state index contributed by atoms with van der Waals surface area (Å²) in [5.41, 5.74) is 0.553. The average Bonchev–Trinajstić information content (AvgIpc) is 2.95. The van der Waals surface area contributed by atoms with Gasteiger partial charge in [-0.2, -0.15) is 0 Å². The zero-order chi connectivity index (χ0) is 17.8. The van der Waals surface area contributed by atoms with Gasteiger partial charge in [-0.25, -0.2) is 0 Å². The van der Waals surface area contributed by atoms with Crippen LogP contribution in [0.3, 0.4) is 0 Å². The number of rotatable bonds is 5. The van der Waals surface area contributed by atoms with E-state index in [9.17, 15) is 9.59 Å². The van der Waals surface area contributed by atoms with Gasteiger partial charge < -0.3 is 19.7 Å². The van der Waals surface area contributed by atoms with Gasteiger partial charge in [0.05, 0.1) is 12.8 Å². The van der Waals surface area contributed by atoms with Crippen molar-refractivity contribution in [3.05, 3.63) is 30.4 Å². The topological polar surface area (TPSA) is 67.9 Å². The summed E-state index contributed by atoms with van der Waals surface area (Å²) in [5, 5.41) is 2.88. The molecule has 1 heterocycles. The molecule has 2 atom stereocenters. The third-order valence-electron chi connectivity index (χ3n) is 4.72. The summed E-state index contributed by atoms with van der Waals surface area (Å²) in [4.78, 5) is 25.7. The van der Waals surface area contributed by atoms with Crippen LogP contribution in [0.4, 0.5) is 5.69 Å². The quantitative estimate of drug-likeness (QED) is 0.834. The number of amides is 2. The second-order valence-corrected chi connectivity index (χ2v) is 6.43. The summed E-state index contributed by atoms with van der Waals surface area (Å²) in [6.45, 7) is 0. The molecule has 134 valence electrons. The van der Waals surface area contributed by atoms with Crippen LogP contribution in [0.1, 0.15) is 32.1 Å². The Kier molecular flexibility index (Phi) is 5.26. The van der Waals surface area contributed by atoms with Gasteiger partial charge in [-0.3, -0.25) is 9.59 Å². The molecule has 1 saturated heterocycles. The lowest BCUT2D eigenvalue weighted by atomic mass is 10.1. The molecule has 2 amide bonds. The van der Waals surface area contributed by atoms with Crippen molar-refractivity contribution < 1.29 is 19.1 Å². The first-order valence-corrected chi connectivity index (χ1v) is 8.66. The molecule has 6 heteroatoms. The first-order valence-electron chi connectivity index (χ1n) is 8.66. The van der Waals surface area contributed by atoms with Crippen LogP contribution in [0.15, 0.2) is 30.4 Å². The second-order valence-electron chi connectivity index (χ2n) is 6.43. The summed E-state index contributed by atoms with van der Waals surface area (Å²) in [6.07, 6.45) is 8.40. The molecule has 1 aliphatic carbocycles. The minimum Gasteiger partial charge on any atom is -0.495 e. The Morgan fingerprint density at radius 1 is 1.32 bits per heavy atom. The molecule has 1 N–H and O–H groups in total. The largest absolute Gasteiger partial charge is 0.495 e. The first-order chi connectivity index (χ1) is 12.1. The molecule has 1 fully saturated rings. The van der Waals surface area contributed by atoms with E-state index in [2.05, 4.69) is 17.5 Å². The number of anilines is 1. The van der Waals surface area contributed by atoms with Crippen LogP contribution >= 0.6 is 0 Å². The highest BCUT2D eigenvalue weighted by Gasteiger charge is 2.33. The lowest BCUT2D eigenvalue weighted by Crippen LogP contribution is -2.38. The molecule has 2 unspecified atom stereocenters. The van der Waals surface area contributed by atoms with Crippen LogP contribution in [0, 0.1) is 0 Å². The van der Waals surface area contributed by atoms with E-state index < -0.39 is 6.04 Å². The minimum absolute atomic E-state index is 0.00622. The number of benzene rings is 1. The summed E-state index contributed by atoms with van der Waals surface area (Å²) < 4.78 is 11.3. The number of allylic oxidation sites excluding steroid dienone is 1. The highest BCUT2D eigenvalue weighted by atomic mass is 16.5. The van der Waals surface area contributed by atoms with Crippen molar-refractivity contribution in [2.24, 2.45) is 0 Å². The predicted molar refractivity (Wildman–Crippen MR) is 94.8 cm³/mol. The summed E-state index contributed by atoms with van der Waals surface area (Å²) >= 11 is 0. The molecule has 1 aliphatic heterocycles. The van der Waals surface area contributed by atoms with Crippen LogP contribution in [0.2, 0.25) is 0 Å². The number of hydrogen-bond donors (Lipinski definition) is 1. The number of likely N-dealkylation sites (tertiary alicyclic amines) is 1. The average molecular weight is 344 g/mol. The van der Waals surface area contributed by atoms with Crippen LogP contribution in [0.5, 0.6) is 11.5 Å². The molecule has 1 aromatic rings. The van der Waals surface area contributed by atoms with E-state index in [1.165, 1.54) is 4.90 Å². The SMILES string of the molecule is COc1ccc(OC2C=CCCC2)cc1NC(=O)C1CCC(=O)N1C. The molecule has 0 saturated carbocycles. The number of methoxy groups -OCH3 is 1. The maximum absolute atomic E-state index is 12.5. The van der Waals surface area contributed by atoms with Crippen molar-refractivity contribution in [3.8, 4) is 11.5 Å². The molecule has 3 rings (SSSR count). The number of hydrogen-bond acceptors (Lipinski definition) is 4. The normalized spacial score (nSPS) is 22.8. The van der Waals surface area contributed by atoms with Gasteiger partial charge in [-0.15, -0.1) is 0 Å². The van der Waals surface area contributed by atoms with Crippen molar-refractivity contribution in [2.45, 2.75) is 44.2 Å². The van der Waals surface area contributed by atoms with Gasteiger partial charge in [-0.1, -0.05) is 6.08 Å². The van der Waals surface area contributed by atoms with Crippen molar-refractivity contribution >= 4 is 17.5 Å². The minimum atomic E-state index is -0.442. The lowest BCUT2D eigenvalue weighted by Gasteiger charge is -2.21. The van der Waals surface area contributed by atoms with Gasteiger partial charge in [0, 0.05) is 19.5 Å². The fraction of sp³-hybridized carbons (Fsp3) is 0.474. The number of ether oxygens (including phenoxy) is 2. The fourth-order valence-corrected chi connectivity index (χ4v) is 3.24. The standard InChI is InChI=1S/C19H24N2O4/c1-21-16(9-11-18(21)22)19(23)20-15-12-14(8-10-17(15)24-2)25-13-6-4-3-5-7-13/h4,6,8,10,12-13,16H,3,5,7,9,11H2,1-2H3,(H,20,23). The van der Waals surface area contributed by atoms with E-state index in [0.717, 1.165) is 19.3 Å². The molecule has 0 bridgehead atoms. The molecule has 0 radical (unpaired) electrons. The second kappa shape index (κ2) is 7.59. The zero-order valence-electron chi connectivity index (χ0n) is 14.7. The van der Waals surface area contributed by atoms with Gasteiger partial charge in [0.2, 0.25) is 11.8 Å². The van der Waals surface area contributed by atoms with Crippen LogP contribution in [0.25, 0.3) is 0 Å². The third-order valence-corrected chi connectivity index (χ3v) is 4.72. The number of nitrogens with zero attached hydrogens (tertiary/aromatic N) is 1. The third kappa shape index (κ3) is 3.95. The maximum atomic E-state index is 12.5. The zero-order valence-corrected chi connectivity index (χ0v) is 14.7. The molecule has 0 spiro atoms. The monoisotopic (exact) mass is 344 g/mol. The van der Waals surface area contributed by atoms with Crippen molar-refractivity contribution in [2.75, 3.05) is 19.5 Å². The number of carbonyl (C=O) groups excluding carboxylic acids is 2. The Balaban J connectivity index is 1.73. The number of nitrogens with one attached hydrogen (secondary N) is 1. The van der Waals surface area contributed by atoms with E-state index in [4.69, 9.17) is 9.47 Å². The summed E-state index contributed by atoms with van der Waals surface area (Å²) in [7, 11) is 3.21. The molecular formula is C19H24N2O4. The van der Waals surface area contributed by atoms with Crippen LogP contribution in [-0.4, -0.2) is 43.0 Å². The van der Waals surface area contributed by atoms with Crippen molar-refractivity contribution in [1.82, 2.24) is 4.90 Å². The molecule has 25 heavy (non-hydrogen) atoms. The smallest absolute Gasteiger partial charge is 0.247 e. The Morgan fingerprint density at radius 2 is 2.16 bits per heavy atom. The maximum Gasteiger partial charge on any atom is 0.247 e. The molecule has 0 aromatic heterocycles. The van der Waals surface area contributed by atoms with Gasteiger partial charge >= 0.3 is 0 Å². The highest BCUT2D eigenvalue weighted by molar-refractivity contribution is 5.99. The Labute approximate surface area is 147 Å². The van der Waals surface area contributed by atoms with E-state index in [1.54, 1.807) is 26.3 Å². The van der Waals surface area contributed by atoms with Crippen LogP contribution < -0.4 is 14.8 Å². The number of carbonyl (C=O) groups is 2.